The van der Waals surface area contributed by atoms with Gasteiger partial charge in [0.1, 0.15) is 11.4 Å². The van der Waals surface area contributed by atoms with E-state index in [4.69, 9.17) is 0 Å². The first kappa shape index (κ1) is 23.5. The molecule has 1 atom stereocenters. The van der Waals surface area contributed by atoms with Crippen LogP contribution in [-0.2, 0) is 11.3 Å². The number of rotatable bonds is 7. The van der Waals surface area contributed by atoms with Crippen molar-refractivity contribution in [2.24, 2.45) is 5.92 Å². The van der Waals surface area contributed by atoms with Gasteiger partial charge in [0.05, 0.1) is 5.56 Å². The molecule has 2 aromatic carbocycles. The minimum atomic E-state index is -1.21. The number of aliphatic carboxylic acids is 1. The molecule has 1 unspecified atom stereocenters. The van der Waals surface area contributed by atoms with Crippen LogP contribution in [0, 0.1) is 5.92 Å². The highest BCUT2D eigenvalue weighted by Gasteiger charge is 2.19. The number of carbonyl (C=O) groups excluding carboxylic acids is 2. The number of halogens is 1. The third-order valence-electron chi connectivity index (χ3n) is 5.06. The van der Waals surface area contributed by atoms with Crippen LogP contribution >= 0.6 is 15.9 Å². The second-order valence-electron chi connectivity index (χ2n) is 7.49. The topological polar surface area (TPSA) is 128 Å². The van der Waals surface area contributed by atoms with Crippen molar-refractivity contribution in [2.75, 3.05) is 13.1 Å². The molecule has 168 valence electrons. The smallest absolute Gasteiger partial charge is 0.352 e. The van der Waals surface area contributed by atoms with Crippen molar-refractivity contribution < 1.29 is 24.6 Å². The summed E-state index contributed by atoms with van der Waals surface area (Å²) < 4.78 is 0.365. The standard InChI is InChI=1S/C23H24BrN3O5/c24-19-11-16(21(29)26-13-14-3-1-5-17(28)9-14)6-7-18(19)22(30)27-20(23(31)32)10-15-4-2-8-25-12-15/h1,3,5-7,9-11,15,25,28H,2,4,8,12-13H2,(H,26,29)(H,27,30)(H,31,32). The molecule has 5 N–H and O–H groups in total. The zero-order chi connectivity index (χ0) is 23.1. The second kappa shape index (κ2) is 10.9. The van der Waals surface area contributed by atoms with Crippen molar-refractivity contribution in [1.29, 1.82) is 0 Å². The molecule has 2 aromatic rings. The molecule has 1 aliphatic rings. The zero-order valence-corrected chi connectivity index (χ0v) is 18.8. The van der Waals surface area contributed by atoms with E-state index >= 15 is 0 Å². The van der Waals surface area contributed by atoms with Gasteiger partial charge in [-0.1, -0.05) is 12.1 Å². The van der Waals surface area contributed by atoms with Crippen LogP contribution < -0.4 is 16.0 Å². The highest BCUT2D eigenvalue weighted by molar-refractivity contribution is 9.10. The van der Waals surface area contributed by atoms with Crippen molar-refractivity contribution in [3.8, 4) is 5.75 Å². The van der Waals surface area contributed by atoms with E-state index in [2.05, 4.69) is 31.9 Å². The largest absolute Gasteiger partial charge is 0.508 e. The Labute approximate surface area is 193 Å². The van der Waals surface area contributed by atoms with Gasteiger partial charge >= 0.3 is 5.97 Å². The van der Waals surface area contributed by atoms with Gasteiger partial charge in [-0.15, -0.1) is 0 Å². The van der Waals surface area contributed by atoms with Gasteiger partial charge in [-0.3, -0.25) is 9.59 Å². The van der Waals surface area contributed by atoms with Crippen LogP contribution in [0.5, 0.6) is 5.75 Å². The first-order chi connectivity index (χ1) is 15.3. The molecular weight excluding hydrogens is 478 g/mol. The number of phenolic OH excluding ortho intramolecular Hbond substituents is 1. The number of phenols is 1. The average Bonchev–Trinajstić information content (AvgIpc) is 2.77. The number of nitrogens with one attached hydrogen (secondary N) is 3. The molecule has 1 saturated heterocycles. The second-order valence-corrected chi connectivity index (χ2v) is 8.35. The van der Waals surface area contributed by atoms with Crippen molar-refractivity contribution in [3.05, 3.63) is 75.4 Å². The molecule has 9 heteroatoms. The number of aromatic hydroxyl groups is 1. The first-order valence-corrected chi connectivity index (χ1v) is 11.0. The number of hydrogen-bond donors (Lipinski definition) is 5. The Morgan fingerprint density at radius 1 is 1.16 bits per heavy atom. The van der Waals surface area contributed by atoms with Gasteiger partial charge in [0.2, 0.25) is 0 Å². The van der Waals surface area contributed by atoms with Gasteiger partial charge in [-0.2, -0.15) is 0 Å². The normalized spacial score (nSPS) is 16.3. The molecule has 2 amide bonds. The molecule has 0 radical (unpaired) electrons. The van der Waals surface area contributed by atoms with Crippen molar-refractivity contribution >= 4 is 33.7 Å². The van der Waals surface area contributed by atoms with Gasteiger partial charge in [-0.25, -0.2) is 4.79 Å². The van der Waals surface area contributed by atoms with Crippen molar-refractivity contribution in [3.63, 3.8) is 0 Å². The molecule has 1 aliphatic heterocycles. The molecule has 1 fully saturated rings. The van der Waals surface area contributed by atoms with E-state index in [1.807, 2.05) is 0 Å². The molecule has 0 aromatic heterocycles. The highest BCUT2D eigenvalue weighted by Crippen LogP contribution is 2.20. The van der Waals surface area contributed by atoms with E-state index in [0.717, 1.165) is 24.9 Å². The summed E-state index contributed by atoms with van der Waals surface area (Å²) in [7, 11) is 0. The summed E-state index contributed by atoms with van der Waals surface area (Å²) in [4.78, 5) is 36.7. The summed E-state index contributed by atoms with van der Waals surface area (Å²) in [6, 6.07) is 11.0. The summed E-state index contributed by atoms with van der Waals surface area (Å²) in [6.07, 6.45) is 3.38. The predicted molar refractivity (Wildman–Crippen MR) is 122 cm³/mol. The first-order valence-electron chi connectivity index (χ1n) is 10.2. The quantitative estimate of drug-likeness (QED) is 0.371. The van der Waals surface area contributed by atoms with Crippen LogP contribution in [0.2, 0.25) is 0 Å². The Hall–Kier alpha value is -3.17. The number of carboxylic acids is 1. The van der Waals surface area contributed by atoms with Gasteiger partial charge in [0.15, 0.2) is 0 Å². The summed E-state index contributed by atoms with van der Waals surface area (Å²) in [6.45, 7) is 1.80. The maximum absolute atomic E-state index is 12.7. The maximum Gasteiger partial charge on any atom is 0.352 e. The molecule has 8 nitrogen and oxygen atoms in total. The number of hydrogen-bond acceptors (Lipinski definition) is 5. The Kier molecular flexibility index (Phi) is 8.02. The molecule has 0 bridgehead atoms. The maximum atomic E-state index is 12.7. The summed E-state index contributed by atoms with van der Waals surface area (Å²) in [5.41, 5.74) is 1.12. The minimum Gasteiger partial charge on any atom is -0.508 e. The van der Waals surface area contributed by atoms with E-state index in [1.165, 1.54) is 18.2 Å². The lowest BCUT2D eigenvalue weighted by Crippen LogP contribution is -2.32. The summed E-state index contributed by atoms with van der Waals surface area (Å²) in [5, 5.41) is 27.4. The minimum absolute atomic E-state index is 0.0381. The fourth-order valence-electron chi connectivity index (χ4n) is 3.40. The highest BCUT2D eigenvalue weighted by atomic mass is 79.9. The van der Waals surface area contributed by atoms with E-state index in [1.54, 1.807) is 30.3 Å². The van der Waals surface area contributed by atoms with Crippen LogP contribution in [-0.4, -0.2) is 41.1 Å². The lowest BCUT2D eigenvalue weighted by atomic mass is 9.98. The van der Waals surface area contributed by atoms with Gasteiger partial charge in [-0.05, 0) is 83.2 Å². The number of carboxylic acid groups (broad SMARTS) is 1. The van der Waals surface area contributed by atoms with Crippen LogP contribution in [0.3, 0.4) is 0 Å². The predicted octanol–water partition coefficient (Wildman–Crippen LogP) is 2.78. The fourth-order valence-corrected chi connectivity index (χ4v) is 3.96. The van der Waals surface area contributed by atoms with Gasteiger partial charge in [0, 0.05) is 23.1 Å². The monoisotopic (exact) mass is 501 g/mol. The fraction of sp³-hybridized carbons (Fsp3) is 0.261. The number of carbonyl (C=O) groups is 3. The molecule has 0 saturated carbocycles. The molecular formula is C23H24BrN3O5. The SMILES string of the molecule is O=C(O)C(=CC1CCCNC1)NC(=O)c1ccc(C(=O)NCc2cccc(O)c2)cc1Br. The molecule has 0 spiro atoms. The summed E-state index contributed by atoms with van der Waals surface area (Å²) in [5.74, 6) is -1.98. The van der Waals surface area contributed by atoms with Crippen LogP contribution in [0.1, 0.15) is 39.1 Å². The Morgan fingerprint density at radius 3 is 2.62 bits per heavy atom. The number of piperidine rings is 1. The lowest BCUT2D eigenvalue weighted by Gasteiger charge is -2.20. The number of benzene rings is 2. The van der Waals surface area contributed by atoms with Crippen LogP contribution in [0.15, 0.2) is 58.7 Å². The third kappa shape index (κ3) is 6.41. The van der Waals surface area contributed by atoms with Crippen molar-refractivity contribution in [2.45, 2.75) is 19.4 Å². The zero-order valence-electron chi connectivity index (χ0n) is 17.2. The summed E-state index contributed by atoms with van der Waals surface area (Å²) >= 11 is 3.30. The van der Waals surface area contributed by atoms with E-state index < -0.39 is 11.9 Å². The van der Waals surface area contributed by atoms with Gasteiger partial charge < -0.3 is 26.2 Å². The molecule has 32 heavy (non-hydrogen) atoms. The van der Waals surface area contributed by atoms with E-state index in [0.29, 0.717) is 16.6 Å². The molecule has 0 aliphatic carbocycles. The van der Waals surface area contributed by atoms with Crippen LogP contribution in [0.4, 0.5) is 0 Å². The number of amides is 2. The Bertz CT molecular complexity index is 1050. The third-order valence-corrected chi connectivity index (χ3v) is 5.71. The molecule has 3 rings (SSSR count). The Morgan fingerprint density at radius 2 is 1.97 bits per heavy atom. The van der Waals surface area contributed by atoms with Crippen LogP contribution in [0.25, 0.3) is 0 Å². The lowest BCUT2D eigenvalue weighted by molar-refractivity contribution is -0.133. The van der Waals surface area contributed by atoms with E-state index in [9.17, 15) is 24.6 Å². The molecule has 1 heterocycles. The average molecular weight is 502 g/mol. The van der Waals surface area contributed by atoms with E-state index in [-0.39, 0.29) is 35.4 Å². The van der Waals surface area contributed by atoms with Crippen molar-refractivity contribution in [1.82, 2.24) is 16.0 Å². The van der Waals surface area contributed by atoms with Gasteiger partial charge in [0.25, 0.3) is 11.8 Å². The Balaban J connectivity index is 1.66.